The van der Waals surface area contributed by atoms with Crippen LogP contribution in [0.4, 0.5) is 13.2 Å². The van der Waals surface area contributed by atoms with E-state index in [4.69, 9.17) is 5.26 Å². The molecule has 1 heterocycles. The molecule has 2 N–H and O–H groups in total. The van der Waals surface area contributed by atoms with Crippen LogP contribution in [-0.4, -0.2) is 15.9 Å². The molecule has 0 spiro atoms. The maximum absolute atomic E-state index is 13.0. The van der Waals surface area contributed by atoms with Gasteiger partial charge < -0.3 is 10.3 Å². The van der Waals surface area contributed by atoms with Gasteiger partial charge >= 0.3 is 6.18 Å². The van der Waals surface area contributed by atoms with Crippen LogP contribution in [0.5, 0.6) is 0 Å². The number of nitrogens with one attached hydrogen (secondary N) is 2. The first-order valence-corrected chi connectivity index (χ1v) is 9.28. The van der Waals surface area contributed by atoms with E-state index in [9.17, 15) is 18.0 Å². The van der Waals surface area contributed by atoms with Crippen molar-refractivity contribution < 1.29 is 18.0 Å². The first-order valence-electron chi connectivity index (χ1n) is 9.28. The minimum atomic E-state index is -4.59. The third-order valence-corrected chi connectivity index (χ3v) is 4.77. The SMILES string of the molecule is N#Cc1cccc(C(=O)NC(c2ccccc2)c2ccc3nc(C(F)(F)F)[nH]c3c2)c1. The summed E-state index contributed by atoms with van der Waals surface area (Å²) >= 11 is 0. The summed E-state index contributed by atoms with van der Waals surface area (Å²) in [4.78, 5) is 18.8. The van der Waals surface area contributed by atoms with Gasteiger partial charge in [-0.2, -0.15) is 18.4 Å². The first-order chi connectivity index (χ1) is 14.8. The molecule has 1 atom stereocenters. The van der Waals surface area contributed by atoms with Crippen molar-refractivity contribution in [3.05, 3.63) is 101 Å². The largest absolute Gasteiger partial charge is 0.449 e. The molecule has 154 valence electrons. The Hall–Kier alpha value is -4.12. The van der Waals surface area contributed by atoms with E-state index in [0.717, 1.165) is 5.56 Å². The Morgan fingerprint density at radius 1 is 1.00 bits per heavy atom. The maximum Gasteiger partial charge on any atom is 0.449 e. The van der Waals surface area contributed by atoms with E-state index in [2.05, 4.69) is 15.3 Å². The van der Waals surface area contributed by atoms with Gasteiger partial charge in [0.25, 0.3) is 5.91 Å². The lowest BCUT2D eigenvalue weighted by Crippen LogP contribution is -2.29. The summed E-state index contributed by atoms with van der Waals surface area (Å²) in [6, 6.07) is 21.4. The topological polar surface area (TPSA) is 81.6 Å². The zero-order chi connectivity index (χ0) is 22.0. The maximum atomic E-state index is 13.0. The molecule has 5 nitrogen and oxygen atoms in total. The van der Waals surface area contributed by atoms with Crippen LogP contribution >= 0.6 is 0 Å². The number of carbonyl (C=O) groups excluding carboxylic acids is 1. The molecule has 3 aromatic carbocycles. The monoisotopic (exact) mass is 420 g/mol. The summed E-state index contributed by atoms with van der Waals surface area (Å²) < 4.78 is 39.0. The van der Waals surface area contributed by atoms with Gasteiger partial charge in [0.1, 0.15) is 0 Å². The van der Waals surface area contributed by atoms with Crippen LogP contribution in [0.1, 0.15) is 38.9 Å². The number of halogens is 3. The minimum absolute atomic E-state index is 0.177. The third-order valence-electron chi connectivity index (χ3n) is 4.77. The lowest BCUT2D eigenvalue weighted by molar-refractivity contribution is -0.144. The van der Waals surface area contributed by atoms with Crippen LogP contribution in [-0.2, 0) is 6.18 Å². The van der Waals surface area contributed by atoms with Gasteiger partial charge in [0.15, 0.2) is 0 Å². The van der Waals surface area contributed by atoms with Gasteiger partial charge in [-0.15, -0.1) is 0 Å². The lowest BCUT2D eigenvalue weighted by Gasteiger charge is -2.20. The number of amides is 1. The molecule has 0 saturated heterocycles. The number of rotatable bonds is 4. The van der Waals surface area contributed by atoms with Gasteiger partial charge in [-0.3, -0.25) is 4.79 Å². The van der Waals surface area contributed by atoms with Gasteiger partial charge in [0, 0.05) is 5.56 Å². The number of fused-ring (bicyclic) bond motifs is 1. The van der Waals surface area contributed by atoms with E-state index >= 15 is 0 Å². The molecule has 0 fully saturated rings. The van der Waals surface area contributed by atoms with Crippen molar-refractivity contribution >= 4 is 16.9 Å². The third kappa shape index (κ3) is 4.26. The number of H-pyrrole nitrogens is 1. The molecule has 0 aliphatic rings. The van der Waals surface area contributed by atoms with Crippen LogP contribution in [0, 0.1) is 11.3 Å². The Morgan fingerprint density at radius 2 is 1.77 bits per heavy atom. The standard InChI is InChI=1S/C23H15F3N4O/c24-23(25,26)22-28-18-10-9-16(12-19(18)29-22)20(15-6-2-1-3-7-15)30-21(31)17-8-4-5-14(11-17)13-27/h1-12,20H,(H,28,29)(H,30,31). The minimum Gasteiger partial charge on any atom is -0.341 e. The molecule has 0 bridgehead atoms. The Kier molecular flexibility index (Phi) is 5.17. The van der Waals surface area contributed by atoms with Crippen molar-refractivity contribution in [2.24, 2.45) is 0 Å². The summed E-state index contributed by atoms with van der Waals surface area (Å²) in [6.45, 7) is 0. The zero-order valence-electron chi connectivity index (χ0n) is 15.9. The number of aromatic nitrogens is 2. The normalized spacial score (nSPS) is 12.3. The molecule has 1 amide bonds. The Balaban J connectivity index is 1.73. The Morgan fingerprint density at radius 3 is 2.48 bits per heavy atom. The number of imidazole rings is 1. The Bertz CT molecular complexity index is 1290. The highest BCUT2D eigenvalue weighted by atomic mass is 19.4. The van der Waals surface area contributed by atoms with Gasteiger partial charge in [-0.05, 0) is 41.5 Å². The number of alkyl halides is 3. The van der Waals surface area contributed by atoms with Crippen LogP contribution in [0.3, 0.4) is 0 Å². The summed E-state index contributed by atoms with van der Waals surface area (Å²) in [7, 11) is 0. The summed E-state index contributed by atoms with van der Waals surface area (Å²) in [6.07, 6.45) is -4.59. The smallest absolute Gasteiger partial charge is 0.341 e. The fourth-order valence-electron chi connectivity index (χ4n) is 3.29. The van der Waals surface area contributed by atoms with Crippen LogP contribution in [0.2, 0.25) is 0 Å². The quantitative estimate of drug-likeness (QED) is 0.489. The van der Waals surface area contributed by atoms with Gasteiger partial charge in [0.2, 0.25) is 5.82 Å². The number of aromatic amines is 1. The second kappa shape index (κ2) is 7.95. The van der Waals surface area contributed by atoms with Crippen LogP contribution in [0.25, 0.3) is 11.0 Å². The van der Waals surface area contributed by atoms with Crippen molar-refractivity contribution in [3.63, 3.8) is 0 Å². The first kappa shape index (κ1) is 20.2. The molecular weight excluding hydrogens is 405 g/mol. The fourth-order valence-corrected chi connectivity index (χ4v) is 3.29. The molecule has 1 unspecified atom stereocenters. The summed E-state index contributed by atoms with van der Waals surface area (Å²) in [5.41, 5.74) is 2.38. The highest BCUT2D eigenvalue weighted by Gasteiger charge is 2.34. The lowest BCUT2D eigenvalue weighted by atomic mass is 9.97. The molecule has 1 aromatic heterocycles. The van der Waals surface area contributed by atoms with Crippen LogP contribution in [0.15, 0.2) is 72.8 Å². The highest BCUT2D eigenvalue weighted by Crippen LogP contribution is 2.30. The van der Waals surface area contributed by atoms with Crippen molar-refractivity contribution in [2.75, 3.05) is 0 Å². The van der Waals surface area contributed by atoms with E-state index in [1.54, 1.807) is 42.5 Å². The predicted octanol–water partition coefficient (Wildman–Crippen LogP) is 4.97. The average molecular weight is 420 g/mol. The van der Waals surface area contributed by atoms with E-state index in [1.165, 1.54) is 12.1 Å². The molecule has 0 radical (unpaired) electrons. The Labute approximate surface area is 175 Å². The number of benzene rings is 3. The molecule has 4 aromatic rings. The average Bonchev–Trinajstić information content (AvgIpc) is 3.22. The van der Waals surface area contributed by atoms with Crippen molar-refractivity contribution in [1.82, 2.24) is 15.3 Å². The zero-order valence-corrected chi connectivity index (χ0v) is 15.9. The van der Waals surface area contributed by atoms with E-state index in [0.29, 0.717) is 16.7 Å². The molecule has 8 heteroatoms. The number of hydrogen-bond acceptors (Lipinski definition) is 3. The molecular formula is C23H15F3N4O. The number of nitrogens with zero attached hydrogens (tertiary/aromatic N) is 2. The van der Waals surface area contributed by atoms with Gasteiger partial charge in [-0.25, -0.2) is 4.98 Å². The number of carbonyl (C=O) groups is 1. The number of hydrogen-bond donors (Lipinski definition) is 2. The fraction of sp³-hybridized carbons (Fsp3) is 0.0870. The molecule has 31 heavy (non-hydrogen) atoms. The van der Waals surface area contributed by atoms with Crippen molar-refractivity contribution in [2.45, 2.75) is 12.2 Å². The molecule has 0 aliphatic carbocycles. The second-order valence-corrected chi connectivity index (χ2v) is 6.87. The van der Waals surface area contributed by atoms with E-state index < -0.39 is 23.9 Å². The van der Waals surface area contributed by atoms with E-state index in [-0.39, 0.29) is 11.0 Å². The predicted molar refractivity (Wildman–Crippen MR) is 108 cm³/mol. The van der Waals surface area contributed by atoms with Crippen molar-refractivity contribution in [3.8, 4) is 6.07 Å². The summed E-state index contributed by atoms with van der Waals surface area (Å²) in [5.74, 6) is -1.49. The molecule has 0 aliphatic heterocycles. The number of nitriles is 1. The van der Waals surface area contributed by atoms with Crippen LogP contribution < -0.4 is 5.32 Å². The van der Waals surface area contributed by atoms with Gasteiger partial charge in [0.05, 0.1) is 28.7 Å². The van der Waals surface area contributed by atoms with E-state index in [1.807, 2.05) is 24.3 Å². The highest BCUT2D eigenvalue weighted by molar-refractivity contribution is 5.95. The van der Waals surface area contributed by atoms with Gasteiger partial charge in [-0.1, -0.05) is 42.5 Å². The van der Waals surface area contributed by atoms with Crippen molar-refractivity contribution in [1.29, 1.82) is 5.26 Å². The second-order valence-electron chi connectivity index (χ2n) is 6.87. The molecule has 4 rings (SSSR count). The summed E-state index contributed by atoms with van der Waals surface area (Å²) in [5, 5.41) is 12.0. The molecule has 0 saturated carbocycles.